The summed E-state index contributed by atoms with van der Waals surface area (Å²) in [6.45, 7) is -0.787. The van der Waals surface area contributed by atoms with Gasteiger partial charge < -0.3 is 9.47 Å². The van der Waals surface area contributed by atoms with Crippen LogP contribution in [-0.4, -0.2) is 26.5 Å². The summed E-state index contributed by atoms with van der Waals surface area (Å²) >= 11 is 6.05. The van der Waals surface area contributed by atoms with E-state index in [0.717, 1.165) is 25.3 Å². The smallest absolute Gasteiger partial charge is 0.433 e. The van der Waals surface area contributed by atoms with Crippen LogP contribution >= 0.6 is 11.6 Å². The van der Waals surface area contributed by atoms with Gasteiger partial charge in [-0.1, -0.05) is 11.6 Å². The Labute approximate surface area is 199 Å². The number of cyclic esters (lactones) is 1. The second-order valence-corrected chi connectivity index (χ2v) is 9.27. The number of carbonyl (C=O) groups excluding carboxylic acids is 1. The van der Waals surface area contributed by atoms with Gasteiger partial charge in [0.1, 0.15) is 28.8 Å². The van der Waals surface area contributed by atoms with E-state index >= 15 is 0 Å². The van der Waals surface area contributed by atoms with E-state index in [1.54, 1.807) is 0 Å². The normalized spacial score (nSPS) is 15.0. The lowest BCUT2D eigenvalue weighted by molar-refractivity contribution is -0.141. The number of hydrogen-bond donors (Lipinski definition) is 1. The molecule has 35 heavy (non-hydrogen) atoms. The number of nitrogens with one attached hydrogen (secondary N) is 1. The minimum absolute atomic E-state index is 0.287. The van der Waals surface area contributed by atoms with E-state index in [9.17, 15) is 35.2 Å². The molecule has 0 amide bonds. The highest BCUT2D eigenvalue weighted by molar-refractivity contribution is 7.92. The van der Waals surface area contributed by atoms with E-state index in [4.69, 9.17) is 21.1 Å². The number of hydrogen-bond acceptors (Lipinski definition) is 6. The maximum atomic E-state index is 14.7. The van der Waals surface area contributed by atoms with Crippen molar-refractivity contribution in [2.45, 2.75) is 17.7 Å². The van der Waals surface area contributed by atoms with Gasteiger partial charge in [0.25, 0.3) is 10.0 Å². The number of aromatic nitrogens is 1. The number of sulfonamides is 1. The first-order valence-corrected chi connectivity index (χ1v) is 11.3. The quantitative estimate of drug-likeness (QED) is 0.341. The van der Waals surface area contributed by atoms with Gasteiger partial charge in [-0.05, 0) is 24.3 Å². The van der Waals surface area contributed by atoms with E-state index < -0.39 is 62.3 Å². The zero-order valence-corrected chi connectivity index (χ0v) is 18.9. The lowest BCUT2D eigenvalue weighted by atomic mass is 10.00. The number of benzene rings is 2. The van der Waals surface area contributed by atoms with Crippen molar-refractivity contribution in [3.05, 3.63) is 70.0 Å². The molecule has 1 aliphatic heterocycles. The van der Waals surface area contributed by atoms with E-state index in [2.05, 4.69) is 4.98 Å². The molecule has 14 heteroatoms. The summed E-state index contributed by atoms with van der Waals surface area (Å²) in [6.07, 6.45) is -4.21. The van der Waals surface area contributed by atoms with E-state index in [-0.39, 0.29) is 27.5 Å². The molecule has 0 atom stereocenters. The molecule has 2 aromatic carbocycles. The Morgan fingerprint density at radius 1 is 1.09 bits per heavy atom. The summed E-state index contributed by atoms with van der Waals surface area (Å²) in [5.74, 6) is -4.08. The van der Waals surface area contributed by atoms with Crippen molar-refractivity contribution >= 4 is 33.3 Å². The van der Waals surface area contributed by atoms with Crippen molar-refractivity contribution in [3.63, 3.8) is 0 Å². The number of ether oxygens (including phenoxy) is 2. The average molecular weight is 535 g/mol. The minimum atomic E-state index is -4.87. The van der Waals surface area contributed by atoms with Crippen LogP contribution in [0.25, 0.3) is 11.1 Å². The fourth-order valence-corrected chi connectivity index (χ4v) is 4.99. The molecule has 7 nitrogen and oxygen atoms in total. The predicted molar refractivity (Wildman–Crippen MR) is 113 cm³/mol. The van der Waals surface area contributed by atoms with Gasteiger partial charge in [0, 0.05) is 29.0 Å². The monoisotopic (exact) mass is 534 g/mol. The van der Waals surface area contributed by atoms with E-state index in [0.29, 0.717) is 18.3 Å². The van der Waals surface area contributed by atoms with E-state index in [1.165, 1.54) is 0 Å². The number of pyridine rings is 1. The van der Waals surface area contributed by atoms with Crippen LogP contribution in [0.1, 0.15) is 21.6 Å². The maximum Gasteiger partial charge on any atom is 0.433 e. The molecule has 0 saturated carbocycles. The first-order chi connectivity index (χ1) is 16.3. The van der Waals surface area contributed by atoms with Gasteiger partial charge in [0.2, 0.25) is 0 Å². The second-order valence-electron chi connectivity index (χ2n) is 7.21. The Morgan fingerprint density at radius 2 is 1.80 bits per heavy atom. The molecule has 184 valence electrons. The highest BCUT2D eigenvalue weighted by Gasteiger charge is 2.34. The summed E-state index contributed by atoms with van der Waals surface area (Å²) in [5.41, 5.74) is -3.57. The van der Waals surface area contributed by atoms with Gasteiger partial charge in [0.05, 0.1) is 23.4 Å². The van der Waals surface area contributed by atoms with Gasteiger partial charge in [-0.15, -0.1) is 0 Å². The Kier molecular flexibility index (Phi) is 6.09. The second kappa shape index (κ2) is 8.64. The van der Waals surface area contributed by atoms with E-state index in [1.807, 2.05) is 4.72 Å². The number of halogens is 6. The van der Waals surface area contributed by atoms with Gasteiger partial charge in [-0.2, -0.15) is 13.2 Å². The zero-order chi connectivity index (χ0) is 25.7. The molecule has 0 saturated heterocycles. The Balaban J connectivity index is 2.02. The Bertz CT molecular complexity index is 1480. The predicted octanol–water partition coefficient (Wildman–Crippen LogP) is 5.18. The van der Waals surface area contributed by atoms with Crippen molar-refractivity contribution in [2.75, 3.05) is 11.8 Å². The van der Waals surface area contributed by atoms with Crippen LogP contribution in [0.4, 0.5) is 27.6 Å². The molecular weight excluding hydrogens is 523 g/mol. The van der Waals surface area contributed by atoms with Crippen molar-refractivity contribution < 1.29 is 44.6 Å². The highest BCUT2D eigenvalue weighted by atomic mass is 35.5. The van der Waals surface area contributed by atoms with Crippen molar-refractivity contribution in [3.8, 4) is 16.9 Å². The number of rotatable bonds is 1. The first-order valence-electron chi connectivity index (χ1n) is 9.45. The number of anilines is 1. The number of fused-ring (bicyclic) bond motifs is 6. The number of methoxy groups -OCH3 is 1. The lowest BCUT2D eigenvalue weighted by Crippen LogP contribution is -2.16. The van der Waals surface area contributed by atoms with Gasteiger partial charge in [0.15, 0.2) is 5.75 Å². The number of alkyl halides is 3. The molecule has 1 aliphatic rings. The molecule has 0 aliphatic carbocycles. The van der Waals surface area contributed by atoms with Crippen LogP contribution in [-0.2, 0) is 27.5 Å². The molecule has 1 aromatic heterocycles. The summed E-state index contributed by atoms with van der Waals surface area (Å²) < 4.78 is 107. The molecule has 0 spiro atoms. The highest BCUT2D eigenvalue weighted by Crippen LogP contribution is 2.38. The standard InChI is InChI=1S/C21H12ClF5N2O5S/c1-33-19-13(22)2-9-3-17(19)35(31,32)29-16-5-11(14(23)6-15(16)24)12-7-28-18(21(25,26)27)4-10(12)8-34-20(9)30/h2-7,29H,8H2,1H3. The van der Waals surface area contributed by atoms with Crippen LogP contribution in [0.3, 0.4) is 0 Å². The van der Waals surface area contributed by atoms with Crippen LogP contribution in [0.2, 0.25) is 5.02 Å². The maximum absolute atomic E-state index is 14.7. The van der Waals surface area contributed by atoms with Gasteiger partial charge in [-0.3, -0.25) is 9.71 Å². The summed E-state index contributed by atoms with van der Waals surface area (Å²) in [4.78, 5) is 15.2. The van der Waals surface area contributed by atoms with Crippen molar-refractivity contribution in [1.82, 2.24) is 4.98 Å². The Hall–Kier alpha value is -3.45. The summed E-state index contributed by atoms with van der Waals surface area (Å²) in [7, 11) is -3.58. The molecule has 2 heterocycles. The fraction of sp³-hybridized carbons (Fsp3) is 0.143. The number of nitrogens with zero attached hydrogens (tertiary/aromatic N) is 1. The van der Waals surface area contributed by atoms with Crippen LogP contribution in [0, 0.1) is 11.6 Å². The van der Waals surface area contributed by atoms with Crippen molar-refractivity contribution in [2.24, 2.45) is 0 Å². The SMILES string of the molecule is COc1c(Cl)cc2cc1S(=O)(=O)Nc1cc(c(F)cc1F)-c1cnc(C(F)(F)F)cc1COC2=O. The summed E-state index contributed by atoms with van der Waals surface area (Å²) in [6, 6.07) is 3.50. The number of carbonyl (C=O) groups is 1. The third-order valence-corrected chi connectivity index (χ3v) is 6.62. The third-order valence-electron chi connectivity index (χ3n) is 4.97. The largest absolute Gasteiger partial charge is 0.494 e. The molecule has 1 N–H and O–H groups in total. The summed E-state index contributed by atoms with van der Waals surface area (Å²) in [5, 5.41) is -0.318. The molecular formula is C21H12ClF5N2O5S. The Morgan fingerprint density at radius 3 is 2.46 bits per heavy atom. The molecule has 0 unspecified atom stereocenters. The van der Waals surface area contributed by atoms with Crippen LogP contribution < -0.4 is 9.46 Å². The fourth-order valence-electron chi connectivity index (χ4n) is 3.36. The van der Waals surface area contributed by atoms with Gasteiger partial charge >= 0.3 is 12.1 Å². The zero-order valence-electron chi connectivity index (χ0n) is 17.3. The third kappa shape index (κ3) is 4.60. The first kappa shape index (κ1) is 24.7. The molecule has 0 radical (unpaired) electrons. The van der Waals surface area contributed by atoms with Crippen LogP contribution in [0.15, 0.2) is 41.4 Å². The molecule has 3 aromatic rings. The molecule has 4 rings (SSSR count). The topological polar surface area (TPSA) is 94.6 Å². The average Bonchev–Trinajstić information content (AvgIpc) is 2.77. The minimum Gasteiger partial charge on any atom is -0.494 e. The molecule has 0 fully saturated rings. The van der Waals surface area contributed by atoms with Gasteiger partial charge in [-0.25, -0.2) is 22.0 Å². The molecule has 4 bridgehead atoms. The van der Waals surface area contributed by atoms with Crippen LogP contribution in [0.5, 0.6) is 5.75 Å². The number of esters is 1. The van der Waals surface area contributed by atoms with Crippen molar-refractivity contribution in [1.29, 1.82) is 0 Å². The lowest BCUT2D eigenvalue weighted by Gasteiger charge is -2.15.